The molecule has 0 radical (unpaired) electrons. The van der Waals surface area contributed by atoms with Crippen molar-refractivity contribution >= 4 is 8.09 Å². The first-order valence-corrected chi connectivity index (χ1v) is 8.59. The molecule has 1 aromatic carbocycles. The molecule has 5 heteroatoms. The number of hydrogen-bond acceptors (Lipinski definition) is 4. The lowest BCUT2D eigenvalue weighted by atomic mass is 9.81. The van der Waals surface area contributed by atoms with Crippen LogP contribution in [0.25, 0.3) is 0 Å². The first-order valence-electron chi connectivity index (χ1n) is 7.04. The van der Waals surface area contributed by atoms with E-state index in [9.17, 15) is 4.89 Å². The fourth-order valence-corrected chi connectivity index (χ4v) is 4.48. The fourth-order valence-electron chi connectivity index (χ4n) is 2.55. The van der Waals surface area contributed by atoms with Gasteiger partial charge in [-0.05, 0) is 11.5 Å². The molecule has 0 bridgehead atoms. The van der Waals surface area contributed by atoms with E-state index in [4.69, 9.17) is 9.05 Å². The van der Waals surface area contributed by atoms with Gasteiger partial charge in [0.25, 0.3) is 0 Å². The van der Waals surface area contributed by atoms with Gasteiger partial charge in [0.1, 0.15) is 12.7 Å². The summed E-state index contributed by atoms with van der Waals surface area (Å²) in [6.45, 7) is 9.24. The van der Waals surface area contributed by atoms with Gasteiger partial charge in [-0.1, -0.05) is 58.0 Å². The molecule has 1 aromatic rings. The molecule has 0 amide bonds. The lowest BCUT2D eigenvalue weighted by Crippen LogP contribution is -2.48. The molecular weight excluding hydrogens is 273 g/mol. The summed E-state index contributed by atoms with van der Waals surface area (Å²) in [5.41, 5.74) is 0.928. The van der Waals surface area contributed by atoms with Crippen molar-refractivity contribution < 1.29 is 13.9 Å². The van der Waals surface area contributed by atoms with Crippen LogP contribution in [-0.2, 0) is 15.6 Å². The van der Waals surface area contributed by atoms with Crippen molar-refractivity contribution in [1.82, 2.24) is 5.09 Å². The molecule has 0 saturated carbocycles. The van der Waals surface area contributed by atoms with Gasteiger partial charge < -0.3 is 4.89 Å². The molecular formula is C15H24NO3P. The molecule has 1 aliphatic heterocycles. The second-order valence-electron chi connectivity index (χ2n) is 6.35. The second-order valence-corrected chi connectivity index (χ2v) is 8.13. The Hall–Kier alpha value is -0.510. The minimum Gasteiger partial charge on any atom is -0.616 e. The highest BCUT2D eigenvalue weighted by atomic mass is 31.2. The van der Waals surface area contributed by atoms with E-state index in [1.165, 1.54) is 0 Å². The average molecular weight is 297 g/mol. The summed E-state index contributed by atoms with van der Waals surface area (Å²) in [6.07, 6.45) is -0.0784. The van der Waals surface area contributed by atoms with Crippen LogP contribution in [0.5, 0.6) is 0 Å². The van der Waals surface area contributed by atoms with E-state index in [1.54, 1.807) is 0 Å². The van der Waals surface area contributed by atoms with Gasteiger partial charge >= 0.3 is 8.09 Å². The Kier molecular flexibility index (Phi) is 4.83. The van der Waals surface area contributed by atoms with E-state index in [2.05, 4.69) is 32.8 Å². The van der Waals surface area contributed by atoms with Crippen LogP contribution in [0.2, 0.25) is 0 Å². The van der Waals surface area contributed by atoms with Crippen LogP contribution in [0, 0.1) is 11.3 Å². The summed E-state index contributed by atoms with van der Waals surface area (Å²) in [6, 6.07) is 9.82. The van der Waals surface area contributed by atoms with E-state index < -0.39 is 8.09 Å². The molecule has 2 rings (SSSR count). The van der Waals surface area contributed by atoms with Crippen molar-refractivity contribution in [3.63, 3.8) is 0 Å². The van der Waals surface area contributed by atoms with Crippen LogP contribution in [0.3, 0.4) is 0 Å². The average Bonchev–Trinajstić information content (AvgIpc) is 2.41. The zero-order chi connectivity index (χ0) is 14.8. The van der Waals surface area contributed by atoms with Gasteiger partial charge in [-0.25, -0.2) is 0 Å². The minimum absolute atomic E-state index is 0.0784. The van der Waals surface area contributed by atoms with E-state index in [0.29, 0.717) is 19.1 Å². The summed E-state index contributed by atoms with van der Waals surface area (Å²) >= 11 is 0. The normalized spacial score (nSPS) is 29.6. The maximum absolute atomic E-state index is 12.7. The molecule has 112 valence electrons. The molecule has 4 nitrogen and oxygen atoms in total. The summed E-state index contributed by atoms with van der Waals surface area (Å²) in [4.78, 5) is 12.7. The lowest BCUT2D eigenvalue weighted by molar-refractivity contribution is -0.250. The molecule has 0 aromatic heterocycles. The van der Waals surface area contributed by atoms with E-state index in [-0.39, 0.29) is 11.5 Å². The third kappa shape index (κ3) is 3.78. The SMILES string of the molecule is CC(C)[C@@H]1O[P+]([O-])(NCc2ccccc2)OCC1(C)C. The highest BCUT2D eigenvalue weighted by molar-refractivity contribution is 7.57. The molecule has 1 fully saturated rings. The van der Waals surface area contributed by atoms with E-state index in [0.717, 1.165) is 5.56 Å². The van der Waals surface area contributed by atoms with E-state index in [1.807, 2.05) is 30.3 Å². The van der Waals surface area contributed by atoms with Gasteiger partial charge in [0.15, 0.2) is 0 Å². The monoisotopic (exact) mass is 297 g/mol. The molecule has 0 spiro atoms. The molecule has 1 N–H and O–H groups in total. The van der Waals surface area contributed by atoms with Crippen LogP contribution >= 0.6 is 8.09 Å². The molecule has 0 aliphatic carbocycles. The van der Waals surface area contributed by atoms with Crippen molar-refractivity contribution in [3.8, 4) is 0 Å². The topological polar surface area (TPSA) is 53.5 Å². The summed E-state index contributed by atoms with van der Waals surface area (Å²) < 4.78 is 11.3. The quantitative estimate of drug-likeness (QED) is 0.868. The number of benzene rings is 1. The highest BCUT2D eigenvalue weighted by Gasteiger charge is 2.49. The second kappa shape index (κ2) is 6.08. The van der Waals surface area contributed by atoms with Crippen LogP contribution in [0.15, 0.2) is 30.3 Å². The summed E-state index contributed by atoms with van der Waals surface area (Å²) in [5, 5.41) is 2.95. The molecule has 20 heavy (non-hydrogen) atoms. The van der Waals surface area contributed by atoms with Gasteiger partial charge in [0, 0.05) is 5.41 Å². The number of rotatable bonds is 4. The Morgan fingerprint density at radius 1 is 1.35 bits per heavy atom. The molecule has 1 saturated heterocycles. The predicted octanol–water partition coefficient (Wildman–Crippen LogP) is 2.91. The van der Waals surface area contributed by atoms with Crippen LogP contribution < -0.4 is 9.98 Å². The van der Waals surface area contributed by atoms with Crippen LogP contribution in [-0.4, -0.2) is 12.7 Å². The van der Waals surface area contributed by atoms with Crippen molar-refractivity contribution in [2.75, 3.05) is 6.61 Å². The largest absolute Gasteiger partial charge is 0.616 e. The van der Waals surface area contributed by atoms with Crippen molar-refractivity contribution in [1.29, 1.82) is 0 Å². The van der Waals surface area contributed by atoms with Gasteiger partial charge in [0.05, 0.1) is 6.54 Å². The zero-order valence-electron chi connectivity index (χ0n) is 12.6. The summed E-state index contributed by atoms with van der Waals surface area (Å²) in [7, 11) is -3.22. The third-order valence-electron chi connectivity index (χ3n) is 3.55. The Morgan fingerprint density at radius 3 is 2.60 bits per heavy atom. The number of hydrogen-bond donors (Lipinski definition) is 1. The Labute approximate surface area is 122 Å². The van der Waals surface area contributed by atoms with Gasteiger partial charge in [-0.15, -0.1) is 5.09 Å². The van der Waals surface area contributed by atoms with E-state index >= 15 is 0 Å². The number of nitrogens with one attached hydrogen (secondary N) is 1. The van der Waals surface area contributed by atoms with Crippen molar-refractivity contribution in [2.45, 2.75) is 40.3 Å². The lowest BCUT2D eigenvalue weighted by Gasteiger charge is -2.44. The third-order valence-corrected chi connectivity index (χ3v) is 5.07. The van der Waals surface area contributed by atoms with Crippen LogP contribution in [0.1, 0.15) is 33.3 Å². The Bertz CT molecular complexity index is 438. The van der Waals surface area contributed by atoms with Gasteiger partial charge in [0.2, 0.25) is 0 Å². The first-order chi connectivity index (χ1) is 9.32. The maximum atomic E-state index is 12.7. The molecule has 2 atom stereocenters. The van der Waals surface area contributed by atoms with Crippen LogP contribution in [0.4, 0.5) is 0 Å². The standard InChI is InChI=1S/C15H24NO3P/c1-12(2)14-15(3,4)11-18-20(17,19-14)16-10-13-8-6-5-7-9-13/h5-9,12,14H,10-11H2,1-4H3,(H,16,17)/t14-,20?/m0/s1. The maximum Gasteiger partial charge on any atom is 0.312 e. The Morgan fingerprint density at radius 2 is 2.00 bits per heavy atom. The minimum atomic E-state index is -3.22. The van der Waals surface area contributed by atoms with Gasteiger partial charge in [-0.3, -0.25) is 0 Å². The molecule has 1 aliphatic rings. The molecule has 1 unspecified atom stereocenters. The summed E-state index contributed by atoms with van der Waals surface area (Å²) in [5.74, 6) is 0.292. The predicted molar refractivity (Wildman–Crippen MR) is 79.6 cm³/mol. The molecule has 1 heterocycles. The highest BCUT2D eigenvalue weighted by Crippen LogP contribution is 2.57. The van der Waals surface area contributed by atoms with Crippen molar-refractivity contribution in [2.24, 2.45) is 11.3 Å². The zero-order valence-corrected chi connectivity index (χ0v) is 13.5. The fraction of sp³-hybridized carbons (Fsp3) is 0.600. The first kappa shape index (κ1) is 15.9. The van der Waals surface area contributed by atoms with Crippen molar-refractivity contribution in [3.05, 3.63) is 35.9 Å². The smallest absolute Gasteiger partial charge is 0.312 e. The van der Waals surface area contributed by atoms with Gasteiger partial charge in [-0.2, -0.15) is 9.05 Å². The Balaban J connectivity index is 2.00.